The minimum absolute atomic E-state index is 0.0140. The summed E-state index contributed by atoms with van der Waals surface area (Å²) in [6.45, 7) is 2.99. The van der Waals surface area contributed by atoms with Crippen molar-refractivity contribution < 1.29 is 10.2 Å². The Labute approximate surface area is 95.1 Å². The van der Waals surface area contributed by atoms with E-state index in [2.05, 4.69) is 15.1 Å². The predicted octanol–water partition coefficient (Wildman–Crippen LogP) is 0.0737. The van der Waals surface area contributed by atoms with Crippen molar-refractivity contribution in [1.29, 1.82) is 0 Å². The number of aliphatic hydroxyl groups excluding tert-OH is 2. The second-order valence-electron chi connectivity index (χ2n) is 4.34. The molecule has 1 atom stereocenters. The molecule has 1 fully saturated rings. The first-order valence-corrected chi connectivity index (χ1v) is 5.81. The molecule has 0 aliphatic carbocycles. The van der Waals surface area contributed by atoms with E-state index in [4.69, 9.17) is 10.2 Å². The summed E-state index contributed by atoms with van der Waals surface area (Å²) in [4.78, 5) is 2.27. The zero-order valence-electron chi connectivity index (χ0n) is 9.39. The summed E-state index contributed by atoms with van der Waals surface area (Å²) in [6, 6.07) is 1.94. The van der Waals surface area contributed by atoms with Crippen molar-refractivity contribution in [3.05, 3.63) is 17.5 Å². The molecule has 0 radical (unpaired) electrons. The first-order chi connectivity index (χ1) is 7.83. The molecule has 1 aliphatic heterocycles. The van der Waals surface area contributed by atoms with Crippen LogP contribution in [0.1, 0.15) is 30.1 Å². The molecule has 0 saturated carbocycles. The molecular formula is C11H19N3O2. The normalized spacial score (nSPS) is 22.5. The van der Waals surface area contributed by atoms with Gasteiger partial charge in [0, 0.05) is 19.0 Å². The molecule has 16 heavy (non-hydrogen) atoms. The van der Waals surface area contributed by atoms with Crippen molar-refractivity contribution in [3.63, 3.8) is 0 Å². The van der Waals surface area contributed by atoms with Gasteiger partial charge in [0.1, 0.15) is 0 Å². The maximum atomic E-state index is 8.97. The van der Waals surface area contributed by atoms with Crippen molar-refractivity contribution >= 4 is 0 Å². The summed E-state index contributed by atoms with van der Waals surface area (Å²) in [5.41, 5.74) is 1.81. The lowest BCUT2D eigenvalue weighted by atomic mass is 9.95. The molecule has 2 heterocycles. The minimum Gasteiger partial charge on any atom is -0.395 e. The number of hydrogen-bond donors (Lipinski definition) is 3. The lowest BCUT2D eigenvalue weighted by molar-refractivity contribution is 0.160. The molecule has 1 aromatic rings. The van der Waals surface area contributed by atoms with Crippen LogP contribution >= 0.6 is 0 Å². The SMILES string of the molecule is OCCN1CCCC(c2cc(CO)[nH]n2)C1. The first kappa shape index (κ1) is 11.6. The number of nitrogens with zero attached hydrogens (tertiary/aromatic N) is 2. The lowest BCUT2D eigenvalue weighted by Gasteiger charge is -2.31. The number of likely N-dealkylation sites (tertiary alicyclic amines) is 1. The lowest BCUT2D eigenvalue weighted by Crippen LogP contribution is -2.36. The van der Waals surface area contributed by atoms with E-state index in [0.717, 1.165) is 43.9 Å². The maximum Gasteiger partial charge on any atom is 0.0847 e. The average molecular weight is 225 g/mol. The van der Waals surface area contributed by atoms with E-state index in [1.54, 1.807) is 0 Å². The van der Waals surface area contributed by atoms with Gasteiger partial charge in [-0.2, -0.15) is 5.10 Å². The average Bonchev–Trinajstić information content (AvgIpc) is 2.78. The number of piperidine rings is 1. The first-order valence-electron chi connectivity index (χ1n) is 5.81. The Morgan fingerprint density at radius 2 is 2.38 bits per heavy atom. The van der Waals surface area contributed by atoms with Crippen molar-refractivity contribution in [2.24, 2.45) is 0 Å². The molecule has 1 saturated heterocycles. The van der Waals surface area contributed by atoms with Crippen molar-refractivity contribution in [1.82, 2.24) is 15.1 Å². The Morgan fingerprint density at radius 1 is 1.50 bits per heavy atom. The number of rotatable bonds is 4. The van der Waals surface area contributed by atoms with Crippen LogP contribution in [0.25, 0.3) is 0 Å². The summed E-state index contributed by atoms with van der Waals surface area (Å²) in [6.07, 6.45) is 2.28. The number of aromatic amines is 1. The smallest absolute Gasteiger partial charge is 0.0847 e. The van der Waals surface area contributed by atoms with Gasteiger partial charge in [-0.15, -0.1) is 0 Å². The second-order valence-corrected chi connectivity index (χ2v) is 4.34. The highest BCUT2D eigenvalue weighted by atomic mass is 16.3. The van der Waals surface area contributed by atoms with Crippen LogP contribution in [0.3, 0.4) is 0 Å². The molecule has 1 aromatic heterocycles. The van der Waals surface area contributed by atoms with Gasteiger partial charge in [-0.3, -0.25) is 5.10 Å². The number of H-pyrrole nitrogens is 1. The van der Waals surface area contributed by atoms with E-state index in [9.17, 15) is 0 Å². The quantitative estimate of drug-likeness (QED) is 0.678. The zero-order valence-corrected chi connectivity index (χ0v) is 9.39. The fraction of sp³-hybridized carbons (Fsp3) is 0.727. The predicted molar refractivity (Wildman–Crippen MR) is 60.0 cm³/mol. The highest BCUT2D eigenvalue weighted by molar-refractivity contribution is 5.13. The van der Waals surface area contributed by atoms with Crippen LogP contribution in [0.15, 0.2) is 6.07 Å². The number of aromatic nitrogens is 2. The van der Waals surface area contributed by atoms with Crippen molar-refractivity contribution in [3.8, 4) is 0 Å². The molecule has 0 amide bonds. The third kappa shape index (κ3) is 2.61. The van der Waals surface area contributed by atoms with Gasteiger partial charge in [0.15, 0.2) is 0 Å². The van der Waals surface area contributed by atoms with Gasteiger partial charge in [-0.25, -0.2) is 0 Å². The highest BCUT2D eigenvalue weighted by Gasteiger charge is 2.22. The van der Waals surface area contributed by atoms with Crippen LogP contribution in [-0.4, -0.2) is 51.6 Å². The van der Waals surface area contributed by atoms with Gasteiger partial charge < -0.3 is 15.1 Å². The fourth-order valence-corrected chi connectivity index (χ4v) is 2.31. The monoisotopic (exact) mass is 225 g/mol. The molecule has 3 N–H and O–H groups in total. The van der Waals surface area contributed by atoms with Gasteiger partial charge in [-0.05, 0) is 25.5 Å². The van der Waals surface area contributed by atoms with Crippen LogP contribution in [0.4, 0.5) is 0 Å². The molecule has 1 unspecified atom stereocenters. The Kier molecular flexibility index (Phi) is 3.93. The summed E-state index contributed by atoms with van der Waals surface area (Å²) < 4.78 is 0. The summed E-state index contributed by atoms with van der Waals surface area (Å²) in [5.74, 6) is 0.428. The van der Waals surface area contributed by atoms with Gasteiger partial charge >= 0.3 is 0 Å². The molecule has 1 aliphatic rings. The van der Waals surface area contributed by atoms with Gasteiger partial charge in [-0.1, -0.05) is 0 Å². The Morgan fingerprint density at radius 3 is 3.06 bits per heavy atom. The molecule has 0 bridgehead atoms. The molecule has 90 valence electrons. The maximum absolute atomic E-state index is 8.97. The largest absolute Gasteiger partial charge is 0.395 e. The zero-order chi connectivity index (χ0) is 11.4. The van der Waals surface area contributed by atoms with Gasteiger partial charge in [0.25, 0.3) is 0 Å². The molecule has 5 heteroatoms. The van der Waals surface area contributed by atoms with E-state index >= 15 is 0 Å². The number of aliphatic hydroxyl groups is 2. The van der Waals surface area contributed by atoms with E-state index < -0.39 is 0 Å². The molecule has 5 nitrogen and oxygen atoms in total. The van der Waals surface area contributed by atoms with Crippen molar-refractivity contribution in [2.45, 2.75) is 25.4 Å². The van der Waals surface area contributed by atoms with Crippen molar-refractivity contribution in [2.75, 3.05) is 26.2 Å². The highest BCUT2D eigenvalue weighted by Crippen LogP contribution is 2.25. The van der Waals surface area contributed by atoms with E-state index in [0.29, 0.717) is 5.92 Å². The van der Waals surface area contributed by atoms with E-state index in [1.807, 2.05) is 6.07 Å². The minimum atomic E-state index is 0.0140. The van der Waals surface area contributed by atoms with Crippen LogP contribution < -0.4 is 0 Å². The number of β-amino-alcohol motifs (C(OH)–C–C–N with tert-alkyl or cyclic N) is 1. The number of hydrogen-bond acceptors (Lipinski definition) is 4. The molecule has 2 rings (SSSR count). The number of nitrogens with one attached hydrogen (secondary N) is 1. The molecule has 0 spiro atoms. The third-order valence-corrected chi connectivity index (χ3v) is 3.16. The Balaban J connectivity index is 1.98. The fourth-order valence-electron chi connectivity index (χ4n) is 2.31. The summed E-state index contributed by atoms with van der Waals surface area (Å²) >= 11 is 0. The van der Waals surface area contributed by atoms with Crippen LogP contribution in [0.2, 0.25) is 0 Å². The molecular weight excluding hydrogens is 206 g/mol. The van der Waals surface area contributed by atoms with Crippen LogP contribution in [0.5, 0.6) is 0 Å². The van der Waals surface area contributed by atoms with Gasteiger partial charge in [0.2, 0.25) is 0 Å². The summed E-state index contributed by atoms with van der Waals surface area (Å²) in [7, 11) is 0. The van der Waals surface area contributed by atoms with Crippen LogP contribution in [0, 0.1) is 0 Å². The van der Waals surface area contributed by atoms with Gasteiger partial charge in [0.05, 0.1) is 24.6 Å². The summed E-state index contributed by atoms with van der Waals surface area (Å²) in [5, 5.41) is 25.0. The standard InChI is InChI=1S/C11H19N3O2/c15-5-4-14-3-1-2-9(7-14)11-6-10(8-16)12-13-11/h6,9,15-16H,1-5,7-8H2,(H,12,13). The second kappa shape index (κ2) is 5.43. The Bertz CT molecular complexity index is 325. The Hall–Kier alpha value is -0.910. The van der Waals surface area contributed by atoms with E-state index in [-0.39, 0.29) is 13.2 Å². The molecule has 0 aromatic carbocycles. The van der Waals surface area contributed by atoms with Crippen LogP contribution in [-0.2, 0) is 6.61 Å². The van der Waals surface area contributed by atoms with E-state index in [1.165, 1.54) is 0 Å². The topological polar surface area (TPSA) is 72.4 Å². The third-order valence-electron chi connectivity index (χ3n) is 3.16.